The molecule has 16 heteroatoms. The van der Waals surface area contributed by atoms with Crippen LogP contribution in [-0.4, -0.2) is 68.5 Å². The summed E-state index contributed by atoms with van der Waals surface area (Å²) in [4.78, 5) is 35.7. The lowest BCUT2D eigenvalue weighted by Crippen LogP contribution is -2.46. The van der Waals surface area contributed by atoms with Crippen LogP contribution in [0.4, 0.5) is 5.69 Å². The van der Waals surface area contributed by atoms with Crippen LogP contribution in [0.1, 0.15) is 28.7 Å². The van der Waals surface area contributed by atoms with Gasteiger partial charge in [-0.25, -0.2) is 4.68 Å². The van der Waals surface area contributed by atoms with Crippen molar-refractivity contribution in [3.8, 4) is 0 Å². The first-order valence-corrected chi connectivity index (χ1v) is 13.7. The molecule has 0 spiro atoms. The van der Waals surface area contributed by atoms with Crippen LogP contribution in [0.25, 0.3) is 0 Å². The largest absolute Gasteiger partial charge is 0.756 e. The van der Waals surface area contributed by atoms with Crippen LogP contribution < -0.4 is 20.5 Å². The van der Waals surface area contributed by atoms with Crippen molar-refractivity contribution in [3.05, 3.63) is 72.3 Å². The number of primary amides is 1. The van der Waals surface area contributed by atoms with Crippen molar-refractivity contribution in [3.63, 3.8) is 0 Å². The van der Waals surface area contributed by atoms with E-state index in [4.69, 9.17) is 19.5 Å². The van der Waals surface area contributed by atoms with Crippen molar-refractivity contribution in [2.24, 2.45) is 5.73 Å². The van der Waals surface area contributed by atoms with Gasteiger partial charge in [0.2, 0.25) is 5.91 Å². The second-order valence-electron chi connectivity index (χ2n) is 8.95. The van der Waals surface area contributed by atoms with Gasteiger partial charge in [-0.2, -0.15) is 4.57 Å². The molecule has 2 aromatic heterocycles. The topological polar surface area (TPSA) is 215 Å². The van der Waals surface area contributed by atoms with Crippen LogP contribution in [-0.2, 0) is 36.1 Å². The standard InChI is InChI=1S/C24H29N6O9P/c25-23(34)16-6-4-10-29(12-16)24-22(33)21(32)19(39-24)15-38-40(35,36)37-11-5-9-18-13-30(28-27-18)14-20(31)26-17-7-2-1-3-8-17/h1-4,6-8,10,12-13,19,21-22,24,32-33H,5,9,11,14-15H2,(H3-,25,26,31,34,35,36)/t19-,21-,22-,24-/m1/s1. The molecule has 1 aliphatic rings. The number of hydrogen-bond acceptors (Lipinski definition) is 11. The maximum absolute atomic E-state index is 12.2. The fourth-order valence-corrected chi connectivity index (χ4v) is 4.70. The number of benzene rings is 1. The molecule has 1 aromatic carbocycles. The Kier molecular flexibility index (Phi) is 9.71. The van der Waals surface area contributed by atoms with Crippen molar-refractivity contribution >= 4 is 25.3 Å². The molecule has 3 aromatic rings. The molecule has 0 radical (unpaired) electrons. The number of ether oxygens (including phenoxy) is 1. The second-order valence-corrected chi connectivity index (χ2v) is 10.4. The number of carbonyl (C=O) groups is 2. The summed E-state index contributed by atoms with van der Waals surface area (Å²) in [6.07, 6.45) is -0.172. The summed E-state index contributed by atoms with van der Waals surface area (Å²) in [5, 5.41) is 31.3. The number of pyridine rings is 1. The number of carbonyl (C=O) groups excluding carboxylic acids is 2. The number of para-hydroxylation sites is 1. The van der Waals surface area contributed by atoms with Crippen molar-refractivity contribution in [1.29, 1.82) is 0 Å². The van der Waals surface area contributed by atoms with Gasteiger partial charge in [0.1, 0.15) is 24.3 Å². The quantitative estimate of drug-likeness (QED) is 0.111. The van der Waals surface area contributed by atoms with E-state index in [2.05, 4.69) is 15.6 Å². The fourth-order valence-electron chi connectivity index (χ4n) is 3.94. The average molecular weight is 577 g/mol. The summed E-state index contributed by atoms with van der Waals surface area (Å²) in [6.45, 7) is -0.857. The predicted molar refractivity (Wildman–Crippen MR) is 134 cm³/mol. The third kappa shape index (κ3) is 7.99. The van der Waals surface area contributed by atoms with Crippen LogP contribution in [0.2, 0.25) is 0 Å². The van der Waals surface area contributed by atoms with Gasteiger partial charge in [0, 0.05) is 18.0 Å². The number of aromatic nitrogens is 4. The van der Waals surface area contributed by atoms with E-state index in [1.807, 2.05) is 6.07 Å². The number of nitrogens with zero attached hydrogens (tertiary/aromatic N) is 4. The van der Waals surface area contributed by atoms with E-state index >= 15 is 0 Å². The first kappa shape index (κ1) is 29.4. The smallest absolute Gasteiger partial charge is 0.292 e. The van der Waals surface area contributed by atoms with Crippen LogP contribution in [0.3, 0.4) is 0 Å². The fraction of sp³-hybridized carbons (Fsp3) is 0.375. The van der Waals surface area contributed by atoms with Crippen LogP contribution in [0, 0.1) is 0 Å². The number of phosphoric ester groups is 1. The van der Waals surface area contributed by atoms with Crippen LogP contribution >= 0.6 is 7.82 Å². The summed E-state index contributed by atoms with van der Waals surface area (Å²) >= 11 is 0. The van der Waals surface area contributed by atoms with Gasteiger partial charge < -0.3 is 39.9 Å². The molecule has 15 nitrogen and oxygen atoms in total. The summed E-state index contributed by atoms with van der Waals surface area (Å²) in [7, 11) is -4.76. The lowest BCUT2D eigenvalue weighted by molar-refractivity contribution is -0.765. The number of aliphatic hydroxyl groups is 2. The second kappa shape index (κ2) is 13.2. The highest BCUT2D eigenvalue weighted by Crippen LogP contribution is 2.40. The molecule has 3 heterocycles. The molecule has 0 aliphatic carbocycles. The molecule has 1 aliphatic heterocycles. The number of aliphatic hydroxyl groups excluding tert-OH is 2. The Morgan fingerprint density at radius 2 is 1.95 bits per heavy atom. The van der Waals surface area contributed by atoms with Crippen LogP contribution in [0.15, 0.2) is 61.1 Å². The highest BCUT2D eigenvalue weighted by molar-refractivity contribution is 7.45. The zero-order chi connectivity index (χ0) is 28.7. The van der Waals surface area contributed by atoms with Crippen LogP contribution in [0.5, 0.6) is 0 Å². The summed E-state index contributed by atoms with van der Waals surface area (Å²) < 4.78 is 30.2. The average Bonchev–Trinajstić information content (AvgIpc) is 3.49. The lowest BCUT2D eigenvalue weighted by Gasteiger charge is -2.24. The van der Waals surface area contributed by atoms with Crippen molar-refractivity contribution in [1.82, 2.24) is 15.0 Å². The molecule has 4 rings (SSSR count). The molecule has 40 heavy (non-hydrogen) atoms. The molecule has 5 atom stereocenters. The maximum atomic E-state index is 12.2. The zero-order valence-electron chi connectivity index (χ0n) is 21.2. The number of phosphoric acid groups is 1. The van der Waals surface area contributed by atoms with Crippen molar-refractivity contribution in [2.45, 2.75) is 43.9 Å². The number of nitrogens with one attached hydrogen (secondary N) is 1. The Labute approximate surface area is 228 Å². The van der Waals surface area contributed by atoms with E-state index in [0.717, 1.165) is 0 Å². The molecule has 5 N–H and O–H groups in total. The molecule has 214 valence electrons. The van der Waals surface area contributed by atoms with Gasteiger partial charge >= 0.3 is 0 Å². The van der Waals surface area contributed by atoms with Gasteiger partial charge in [-0.3, -0.25) is 14.2 Å². The number of amides is 2. The highest BCUT2D eigenvalue weighted by atomic mass is 31.2. The highest BCUT2D eigenvalue weighted by Gasteiger charge is 2.48. The lowest BCUT2D eigenvalue weighted by atomic mass is 10.1. The van der Waals surface area contributed by atoms with E-state index in [1.165, 1.54) is 33.8 Å². The first-order valence-electron chi connectivity index (χ1n) is 12.3. The van der Waals surface area contributed by atoms with E-state index in [0.29, 0.717) is 17.8 Å². The van der Waals surface area contributed by atoms with Gasteiger partial charge in [-0.05, 0) is 31.0 Å². The molecule has 2 amide bonds. The maximum Gasteiger partial charge on any atom is 0.292 e. The van der Waals surface area contributed by atoms with Gasteiger partial charge in [0.25, 0.3) is 20.0 Å². The Bertz CT molecular complexity index is 1360. The SMILES string of the molecule is NC(=O)c1ccc[n+]([C@@H]2O[C@H](COP(=O)([O-])OCCCc3cn(CC(=O)Nc4ccccc4)nn3)[C@@H](O)[C@H]2O)c1. The molecular formula is C24H29N6O9P. The first-order chi connectivity index (χ1) is 19.1. The minimum absolute atomic E-state index is 0.0400. The predicted octanol–water partition coefficient (Wildman–Crippen LogP) is -0.943. The minimum Gasteiger partial charge on any atom is -0.756 e. The Hall–Kier alpha value is -3.56. The molecule has 1 fully saturated rings. The van der Waals surface area contributed by atoms with Crippen molar-refractivity contribution < 1.29 is 47.6 Å². The Balaban J connectivity index is 1.18. The Morgan fingerprint density at radius 3 is 2.70 bits per heavy atom. The minimum atomic E-state index is -4.76. The molecule has 0 saturated carbocycles. The summed E-state index contributed by atoms with van der Waals surface area (Å²) in [6, 6.07) is 11.9. The normalized spacial score (nSPS) is 22.1. The number of anilines is 1. The molecule has 1 saturated heterocycles. The van der Waals surface area contributed by atoms with E-state index in [-0.39, 0.29) is 31.0 Å². The third-order valence-electron chi connectivity index (χ3n) is 5.91. The van der Waals surface area contributed by atoms with Gasteiger partial charge in [-0.1, -0.05) is 23.4 Å². The third-order valence-corrected chi connectivity index (χ3v) is 6.87. The summed E-state index contributed by atoms with van der Waals surface area (Å²) in [5.41, 5.74) is 6.62. The molecular weight excluding hydrogens is 547 g/mol. The molecule has 1 unspecified atom stereocenters. The number of nitrogens with two attached hydrogens (primary N) is 1. The van der Waals surface area contributed by atoms with Gasteiger partial charge in [-0.15, -0.1) is 5.10 Å². The molecule has 0 bridgehead atoms. The van der Waals surface area contributed by atoms with E-state index in [1.54, 1.807) is 30.5 Å². The van der Waals surface area contributed by atoms with E-state index < -0.39 is 44.9 Å². The number of hydrogen-bond donors (Lipinski definition) is 4. The number of aryl methyl sites for hydroxylation is 1. The summed E-state index contributed by atoms with van der Waals surface area (Å²) in [5.74, 6) is -0.967. The van der Waals surface area contributed by atoms with Crippen molar-refractivity contribution in [2.75, 3.05) is 18.5 Å². The van der Waals surface area contributed by atoms with E-state index in [9.17, 15) is 29.3 Å². The monoisotopic (exact) mass is 576 g/mol. The zero-order valence-corrected chi connectivity index (χ0v) is 22.1. The van der Waals surface area contributed by atoms with Gasteiger partial charge in [0.05, 0.1) is 18.9 Å². The Morgan fingerprint density at radius 1 is 1.18 bits per heavy atom. The number of rotatable bonds is 13. The van der Waals surface area contributed by atoms with Gasteiger partial charge in [0.15, 0.2) is 18.5 Å².